The number of nitrogens with zero attached hydrogens (tertiary/aromatic N) is 7. The Labute approximate surface area is 200 Å². The number of H-pyrrole nitrogens is 1. The Morgan fingerprint density at radius 1 is 1.11 bits per heavy atom. The monoisotopic (exact) mass is 469 g/mol. The predicted molar refractivity (Wildman–Crippen MR) is 128 cm³/mol. The average Bonchev–Trinajstić information content (AvgIpc) is 3.58. The molecule has 2 N–H and O–H groups in total. The van der Waals surface area contributed by atoms with E-state index in [4.69, 9.17) is 9.84 Å². The average molecular weight is 470 g/mol. The summed E-state index contributed by atoms with van der Waals surface area (Å²) >= 11 is 0. The summed E-state index contributed by atoms with van der Waals surface area (Å²) in [4.78, 5) is 28.6. The molecule has 4 aromatic heterocycles. The fourth-order valence-corrected chi connectivity index (χ4v) is 4.58. The number of aromatic amines is 1. The molecule has 11 heteroatoms. The number of rotatable bonds is 6. The van der Waals surface area contributed by atoms with Crippen molar-refractivity contribution in [3.05, 3.63) is 71.7 Å². The lowest BCUT2D eigenvalue weighted by Crippen LogP contribution is -2.25. The molecule has 0 spiro atoms. The first kappa shape index (κ1) is 21.0. The third-order valence-electron chi connectivity index (χ3n) is 6.29. The summed E-state index contributed by atoms with van der Waals surface area (Å²) in [6, 6.07) is 9.87. The van der Waals surface area contributed by atoms with Crippen LogP contribution in [0.25, 0.3) is 17.0 Å². The summed E-state index contributed by atoms with van der Waals surface area (Å²) in [5.74, 6) is 1.72. The highest BCUT2D eigenvalue weighted by Crippen LogP contribution is 2.40. The highest BCUT2D eigenvalue weighted by Gasteiger charge is 2.33. The summed E-state index contributed by atoms with van der Waals surface area (Å²) in [7, 11) is 0. The van der Waals surface area contributed by atoms with E-state index in [1.54, 1.807) is 17.2 Å². The van der Waals surface area contributed by atoms with Gasteiger partial charge in [0, 0.05) is 29.8 Å². The van der Waals surface area contributed by atoms with Crippen molar-refractivity contribution in [3.8, 4) is 11.6 Å². The molecule has 1 aliphatic rings. The van der Waals surface area contributed by atoms with Crippen LogP contribution in [0.2, 0.25) is 0 Å². The Morgan fingerprint density at radius 3 is 2.77 bits per heavy atom. The van der Waals surface area contributed by atoms with Crippen molar-refractivity contribution in [2.24, 2.45) is 0 Å². The summed E-state index contributed by atoms with van der Waals surface area (Å²) in [5.41, 5.74) is 5.11. The van der Waals surface area contributed by atoms with E-state index in [-0.39, 0.29) is 11.8 Å². The molecule has 5 aromatic rings. The molecule has 1 amide bonds. The zero-order valence-electron chi connectivity index (χ0n) is 19.3. The number of imidazole rings is 1. The minimum atomic E-state index is -0.132. The van der Waals surface area contributed by atoms with Gasteiger partial charge in [0.1, 0.15) is 30.0 Å². The van der Waals surface area contributed by atoms with E-state index in [0.717, 1.165) is 28.3 Å². The minimum Gasteiger partial charge on any atom is -0.492 e. The first-order valence-corrected chi connectivity index (χ1v) is 11.3. The predicted octanol–water partition coefficient (Wildman–Crippen LogP) is 2.91. The molecule has 6 rings (SSSR count). The van der Waals surface area contributed by atoms with Crippen molar-refractivity contribution in [2.45, 2.75) is 32.7 Å². The van der Waals surface area contributed by atoms with Crippen LogP contribution in [0.15, 0.2) is 49.2 Å². The van der Waals surface area contributed by atoms with E-state index >= 15 is 0 Å². The number of ether oxygens (including phenoxy) is 1. The number of hydrogen-bond donors (Lipinski definition) is 2. The molecular formula is C24H23N9O2. The van der Waals surface area contributed by atoms with Gasteiger partial charge in [-0.05, 0) is 37.6 Å². The van der Waals surface area contributed by atoms with E-state index in [2.05, 4.69) is 30.4 Å². The van der Waals surface area contributed by atoms with E-state index in [9.17, 15) is 4.79 Å². The topological polar surface area (TPSA) is 128 Å². The molecule has 0 saturated carbocycles. The Morgan fingerprint density at radius 2 is 1.97 bits per heavy atom. The molecule has 1 aliphatic heterocycles. The minimum absolute atomic E-state index is 0.0755. The van der Waals surface area contributed by atoms with Crippen LogP contribution in [0.4, 0.5) is 5.82 Å². The first-order chi connectivity index (χ1) is 17.1. The quantitative estimate of drug-likeness (QED) is 0.391. The second-order valence-electron chi connectivity index (χ2n) is 8.48. The van der Waals surface area contributed by atoms with Gasteiger partial charge in [-0.2, -0.15) is 14.9 Å². The van der Waals surface area contributed by atoms with Crippen LogP contribution in [-0.2, 0) is 11.3 Å². The Balaban J connectivity index is 1.28. The normalized spacial score (nSPS) is 15.3. The van der Waals surface area contributed by atoms with E-state index in [1.807, 2.05) is 48.9 Å². The number of hydrogen-bond acceptors (Lipinski definition) is 7. The maximum absolute atomic E-state index is 12.7. The lowest BCUT2D eigenvalue weighted by molar-refractivity contribution is -0.116. The highest BCUT2D eigenvalue weighted by molar-refractivity contribution is 5.95. The van der Waals surface area contributed by atoms with Crippen molar-refractivity contribution in [1.82, 2.24) is 39.5 Å². The Hall–Kier alpha value is -4.54. The molecule has 0 aliphatic carbocycles. The van der Waals surface area contributed by atoms with E-state index < -0.39 is 0 Å². The zero-order valence-corrected chi connectivity index (χ0v) is 19.3. The Bertz CT molecular complexity index is 1530. The molecule has 5 heterocycles. The van der Waals surface area contributed by atoms with Crippen LogP contribution in [0.5, 0.6) is 5.75 Å². The van der Waals surface area contributed by atoms with Gasteiger partial charge in [0.05, 0.1) is 18.6 Å². The van der Waals surface area contributed by atoms with Crippen molar-refractivity contribution in [2.75, 3.05) is 11.9 Å². The number of benzene rings is 1. The molecule has 176 valence electrons. The fourth-order valence-electron chi connectivity index (χ4n) is 4.58. The summed E-state index contributed by atoms with van der Waals surface area (Å²) in [6.07, 6.45) is 5.12. The third-order valence-corrected chi connectivity index (χ3v) is 6.29. The molecule has 0 fully saturated rings. The number of aromatic nitrogens is 8. The van der Waals surface area contributed by atoms with Gasteiger partial charge in [-0.25, -0.2) is 15.0 Å². The van der Waals surface area contributed by atoms with Gasteiger partial charge < -0.3 is 15.0 Å². The van der Waals surface area contributed by atoms with Crippen LogP contribution < -0.4 is 10.1 Å². The number of nitrogens with one attached hydrogen (secondary N) is 2. The van der Waals surface area contributed by atoms with Gasteiger partial charge in [0.25, 0.3) is 0 Å². The molecule has 35 heavy (non-hydrogen) atoms. The standard InChI is InChI=1S/C24H23N9O2/c1-14-7-8-29-32(14)9-10-35-17-5-3-16(4-6-17)18-11-19(34)30-23-20(18)15(2)31-33(23)24-21-22(26-12-25-21)27-13-28-24/h3-8,12-13,18H,9-11H2,1-2H3,(H,30,34)(H,25,26,27,28). The molecule has 1 unspecified atom stereocenters. The maximum atomic E-state index is 12.7. The SMILES string of the molecule is Cc1nn(-c2ncnc3nc[nH]c23)c2c1C(c1ccc(OCCn3nccc3C)cc1)CC(=O)N2. The highest BCUT2D eigenvalue weighted by atomic mass is 16.5. The second kappa shape index (κ2) is 8.35. The number of anilines is 1. The van der Waals surface area contributed by atoms with Crippen molar-refractivity contribution < 1.29 is 9.53 Å². The van der Waals surface area contributed by atoms with Crippen LogP contribution >= 0.6 is 0 Å². The van der Waals surface area contributed by atoms with Gasteiger partial charge in [-0.15, -0.1) is 0 Å². The fraction of sp³-hybridized carbons (Fsp3) is 0.250. The van der Waals surface area contributed by atoms with Gasteiger partial charge in [-0.1, -0.05) is 12.1 Å². The number of amides is 1. The van der Waals surface area contributed by atoms with Gasteiger partial charge >= 0.3 is 0 Å². The van der Waals surface area contributed by atoms with Crippen LogP contribution in [0, 0.1) is 13.8 Å². The second-order valence-corrected chi connectivity index (χ2v) is 8.48. The Kier molecular flexibility index (Phi) is 5.02. The summed E-state index contributed by atoms with van der Waals surface area (Å²) in [6.45, 7) is 5.16. The van der Waals surface area contributed by atoms with Crippen molar-refractivity contribution in [3.63, 3.8) is 0 Å². The number of aryl methyl sites for hydroxylation is 2. The van der Waals surface area contributed by atoms with Crippen molar-refractivity contribution in [1.29, 1.82) is 0 Å². The molecular weight excluding hydrogens is 446 g/mol. The third kappa shape index (κ3) is 3.70. The van der Waals surface area contributed by atoms with E-state index in [1.165, 1.54) is 6.33 Å². The molecule has 1 aromatic carbocycles. The van der Waals surface area contributed by atoms with Gasteiger partial charge in [-0.3, -0.25) is 9.48 Å². The van der Waals surface area contributed by atoms with Gasteiger partial charge in [0.2, 0.25) is 5.91 Å². The van der Waals surface area contributed by atoms with Crippen LogP contribution in [-0.4, -0.2) is 52.0 Å². The number of fused-ring (bicyclic) bond motifs is 2. The largest absolute Gasteiger partial charge is 0.492 e. The smallest absolute Gasteiger partial charge is 0.226 e. The molecule has 0 radical (unpaired) electrons. The lowest BCUT2D eigenvalue weighted by atomic mass is 9.86. The first-order valence-electron chi connectivity index (χ1n) is 11.3. The molecule has 0 saturated heterocycles. The summed E-state index contributed by atoms with van der Waals surface area (Å²) < 4.78 is 9.47. The van der Waals surface area contributed by atoms with E-state index in [0.29, 0.717) is 42.4 Å². The molecule has 1 atom stereocenters. The summed E-state index contributed by atoms with van der Waals surface area (Å²) in [5, 5.41) is 12.0. The maximum Gasteiger partial charge on any atom is 0.226 e. The molecule has 11 nitrogen and oxygen atoms in total. The molecule has 0 bridgehead atoms. The zero-order chi connectivity index (χ0) is 23.9. The van der Waals surface area contributed by atoms with Crippen molar-refractivity contribution >= 4 is 22.9 Å². The number of carbonyl (C=O) groups is 1. The van der Waals surface area contributed by atoms with Crippen LogP contribution in [0.3, 0.4) is 0 Å². The number of carbonyl (C=O) groups excluding carboxylic acids is 1. The van der Waals surface area contributed by atoms with Crippen LogP contribution in [0.1, 0.15) is 34.9 Å². The van der Waals surface area contributed by atoms with Gasteiger partial charge in [0.15, 0.2) is 11.5 Å². The lowest BCUT2D eigenvalue weighted by Gasteiger charge is -2.24.